The Morgan fingerprint density at radius 3 is 2.57 bits per heavy atom. The molecule has 4 N–H and O–H groups in total. The van der Waals surface area contributed by atoms with Crippen molar-refractivity contribution in [1.82, 2.24) is 10.3 Å². The number of aromatic nitrogens is 1. The number of nitrogens with zero attached hydrogens (tertiary/aromatic N) is 1. The van der Waals surface area contributed by atoms with Gasteiger partial charge in [-0.3, -0.25) is 14.6 Å². The number of amides is 2. The summed E-state index contributed by atoms with van der Waals surface area (Å²) in [6.07, 6.45) is 3.05. The molecular formula is C23H29FN3O3. The number of rotatable bonds is 12. The van der Waals surface area contributed by atoms with E-state index in [1.165, 1.54) is 0 Å². The summed E-state index contributed by atoms with van der Waals surface area (Å²) in [7, 11) is 0. The molecular weight excluding hydrogens is 385 g/mol. The van der Waals surface area contributed by atoms with Crippen molar-refractivity contribution in [2.75, 3.05) is 0 Å². The Labute approximate surface area is 176 Å². The first-order valence-electron chi connectivity index (χ1n) is 9.99. The molecule has 0 spiro atoms. The van der Waals surface area contributed by atoms with Crippen LogP contribution < -0.4 is 11.1 Å². The average molecular weight is 415 g/mol. The van der Waals surface area contributed by atoms with E-state index in [-0.39, 0.29) is 31.7 Å². The minimum absolute atomic E-state index is 0.0836. The van der Waals surface area contributed by atoms with Crippen LogP contribution in [0.4, 0.5) is 4.39 Å². The lowest BCUT2D eigenvalue weighted by molar-refractivity contribution is -0.131. The third kappa shape index (κ3) is 7.91. The number of aliphatic hydroxyl groups is 1. The number of nitrogens with one attached hydrogen (secondary N) is 1. The van der Waals surface area contributed by atoms with Gasteiger partial charge in [0.1, 0.15) is 0 Å². The zero-order chi connectivity index (χ0) is 22.0. The fourth-order valence-corrected chi connectivity index (χ4v) is 3.02. The third-order valence-corrected chi connectivity index (χ3v) is 5.01. The Balaban J connectivity index is 1.96. The number of primary amides is 1. The van der Waals surface area contributed by atoms with Gasteiger partial charge < -0.3 is 16.2 Å². The fraction of sp³-hybridized carbons (Fsp3) is 0.391. The van der Waals surface area contributed by atoms with Crippen molar-refractivity contribution in [2.24, 2.45) is 11.7 Å². The summed E-state index contributed by atoms with van der Waals surface area (Å²) in [5.41, 5.74) is 4.62. The number of hydrogen-bond donors (Lipinski definition) is 3. The quantitative estimate of drug-likeness (QED) is 0.496. The first-order chi connectivity index (χ1) is 14.3. The van der Waals surface area contributed by atoms with Gasteiger partial charge in [0.25, 0.3) is 5.91 Å². The highest BCUT2D eigenvalue weighted by Gasteiger charge is 2.33. The van der Waals surface area contributed by atoms with Crippen LogP contribution in [0.15, 0.2) is 54.7 Å². The topological polar surface area (TPSA) is 105 Å². The summed E-state index contributed by atoms with van der Waals surface area (Å²) in [6, 6.07) is 15.0. The highest BCUT2D eigenvalue weighted by Crippen LogP contribution is 2.24. The maximum atomic E-state index is 14.3. The Morgan fingerprint density at radius 2 is 1.93 bits per heavy atom. The molecule has 161 valence electrons. The number of nitrogens with two attached hydrogens (primary N) is 1. The van der Waals surface area contributed by atoms with Crippen LogP contribution in [0.3, 0.4) is 0 Å². The molecule has 1 heterocycles. The molecule has 7 heteroatoms. The lowest BCUT2D eigenvalue weighted by Crippen LogP contribution is -2.39. The molecule has 30 heavy (non-hydrogen) atoms. The van der Waals surface area contributed by atoms with Crippen molar-refractivity contribution in [1.29, 1.82) is 0 Å². The summed E-state index contributed by atoms with van der Waals surface area (Å²) in [4.78, 5) is 28.1. The van der Waals surface area contributed by atoms with Gasteiger partial charge in [-0.1, -0.05) is 36.4 Å². The number of aliphatic hydroxyl groups excluding tert-OH is 1. The van der Waals surface area contributed by atoms with E-state index in [1.54, 1.807) is 24.8 Å². The molecule has 0 aliphatic carbocycles. The number of pyridine rings is 1. The molecule has 1 aromatic carbocycles. The second-order valence-electron chi connectivity index (χ2n) is 7.56. The van der Waals surface area contributed by atoms with Gasteiger partial charge in [-0.25, -0.2) is 4.39 Å². The van der Waals surface area contributed by atoms with E-state index in [1.807, 2.05) is 36.4 Å². The van der Waals surface area contributed by atoms with Crippen molar-refractivity contribution in [3.05, 3.63) is 72.4 Å². The molecule has 0 aliphatic rings. The first-order valence-corrected chi connectivity index (χ1v) is 9.99. The Morgan fingerprint density at radius 1 is 1.23 bits per heavy atom. The number of carbonyl (C=O) groups excluding carboxylic acids is 2. The molecule has 3 atom stereocenters. The normalized spacial score (nSPS) is 15.0. The van der Waals surface area contributed by atoms with Crippen LogP contribution in [0.2, 0.25) is 0 Å². The summed E-state index contributed by atoms with van der Waals surface area (Å²) in [6.45, 7) is 1.33. The van der Waals surface area contributed by atoms with Crippen LogP contribution in [0.25, 0.3) is 0 Å². The zero-order valence-corrected chi connectivity index (χ0v) is 17.1. The number of carbonyl (C=O) groups is 2. The predicted molar refractivity (Wildman–Crippen MR) is 113 cm³/mol. The van der Waals surface area contributed by atoms with E-state index in [0.29, 0.717) is 12.1 Å². The van der Waals surface area contributed by atoms with E-state index >= 15 is 0 Å². The van der Waals surface area contributed by atoms with Crippen molar-refractivity contribution >= 4 is 11.8 Å². The fourth-order valence-electron chi connectivity index (χ4n) is 3.02. The van der Waals surface area contributed by atoms with Crippen molar-refractivity contribution in [3.63, 3.8) is 0 Å². The molecule has 0 fully saturated rings. The minimum Gasteiger partial charge on any atom is -0.393 e. The number of benzene rings is 1. The van der Waals surface area contributed by atoms with E-state index < -0.39 is 23.6 Å². The largest absolute Gasteiger partial charge is 0.393 e. The van der Waals surface area contributed by atoms with Crippen LogP contribution in [0.5, 0.6) is 0 Å². The van der Waals surface area contributed by atoms with Crippen LogP contribution in [-0.2, 0) is 22.6 Å². The number of halogens is 1. The average Bonchev–Trinajstić information content (AvgIpc) is 2.74. The van der Waals surface area contributed by atoms with Gasteiger partial charge in [-0.15, -0.1) is 0 Å². The molecule has 2 aromatic rings. The lowest BCUT2D eigenvalue weighted by Gasteiger charge is -2.23. The molecule has 1 radical (unpaired) electrons. The summed E-state index contributed by atoms with van der Waals surface area (Å²) >= 11 is 0. The molecule has 0 saturated heterocycles. The van der Waals surface area contributed by atoms with E-state index in [2.05, 4.69) is 10.3 Å². The van der Waals surface area contributed by atoms with Crippen LogP contribution in [-0.4, -0.2) is 33.7 Å². The number of hydrogen-bond acceptors (Lipinski definition) is 4. The van der Waals surface area contributed by atoms with Crippen LogP contribution in [0, 0.1) is 12.3 Å². The monoisotopic (exact) mass is 414 g/mol. The maximum Gasteiger partial charge on any atom is 0.254 e. The summed E-state index contributed by atoms with van der Waals surface area (Å²) in [5, 5.41) is 13.2. The lowest BCUT2D eigenvalue weighted by atomic mass is 9.88. The molecule has 6 nitrogen and oxygen atoms in total. The maximum absolute atomic E-state index is 14.3. The first kappa shape index (κ1) is 23.5. The van der Waals surface area contributed by atoms with Crippen molar-refractivity contribution in [3.8, 4) is 0 Å². The number of alkyl halides is 1. The Kier molecular flexibility index (Phi) is 8.92. The molecule has 1 aromatic heterocycles. The van der Waals surface area contributed by atoms with Crippen molar-refractivity contribution in [2.45, 2.75) is 50.9 Å². The van der Waals surface area contributed by atoms with E-state index in [4.69, 9.17) is 5.73 Å². The Bertz CT molecular complexity index is 800. The highest BCUT2D eigenvalue weighted by atomic mass is 19.1. The second-order valence-corrected chi connectivity index (χ2v) is 7.56. The van der Waals surface area contributed by atoms with Gasteiger partial charge in [0, 0.05) is 12.1 Å². The summed E-state index contributed by atoms with van der Waals surface area (Å²) in [5.74, 6) is -2.07. The van der Waals surface area contributed by atoms with E-state index in [9.17, 15) is 19.1 Å². The molecule has 2 amide bonds. The summed E-state index contributed by atoms with van der Waals surface area (Å²) < 4.78 is 14.3. The smallest absolute Gasteiger partial charge is 0.254 e. The Hall–Kier alpha value is -2.80. The molecule has 0 aliphatic heterocycles. The van der Waals surface area contributed by atoms with Crippen molar-refractivity contribution < 1.29 is 19.1 Å². The minimum atomic E-state index is -2.21. The zero-order valence-electron chi connectivity index (χ0n) is 17.1. The third-order valence-electron chi connectivity index (χ3n) is 5.01. The van der Waals surface area contributed by atoms with Gasteiger partial charge >= 0.3 is 0 Å². The van der Waals surface area contributed by atoms with Gasteiger partial charge in [-0.05, 0) is 56.7 Å². The van der Waals surface area contributed by atoms with Gasteiger partial charge in [-0.2, -0.15) is 0 Å². The van der Waals surface area contributed by atoms with Gasteiger partial charge in [0.05, 0.1) is 18.3 Å². The molecule has 2 rings (SSSR count). The van der Waals surface area contributed by atoms with Crippen LogP contribution >= 0.6 is 0 Å². The standard InChI is InChI=1S/C23H29FN3O3/c1-23(24,22(25)30)13-12-18(21(29)27-16-19-9-5-6-14-26-19)15-20(28)11-10-17-7-3-2-4-8-17/h2-9,11,14,18,20,28H,10,12-13,15-16H2,1H3,(H2,25,30)(H,27,29)/t18-,20+,23?/m1/s1. The van der Waals surface area contributed by atoms with Gasteiger partial charge in [0.15, 0.2) is 5.67 Å². The second kappa shape index (κ2) is 11.4. The SMILES string of the molecule is CC(F)(CC[C@H](C[C@@H](O)[CH]Cc1ccccc1)C(=O)NCc1ccccn1)C(N)=O. The predicted octanol–water partition coefficient (Wildman–Crippen LogP) is 2.51. The van der Waals surface area contributed by atoms with Gasteiger partial charge in [0.2, 0.25) is 5.91 Å². The molecule has 0 bridgehead atoms. The molecule has 0 saturated carbocycles. The highest BCUT2D eigenvalue weighted by molar-refractivity contribution is 5.83. The van der Waals surface area contributed by atoms with Crippen LogP contribution in [0.1, 0.15) is 37.4 Å². The van der Waals surface area contributed by atoms with E-state index in [0.717, 1.165) is 12.5 Å². The molecule has 1 unspecified atom stereocenters.